The summed E-state index contributed by atoms with van der Waals surface area (Å²) in [6, 6.07) is 0.295. The third kappa shape index (κ3) is 5.81. The van der Waals surface area contributed by atoms with Crippen LogP contribution in [0.1, 0.15) is 63.1 Å². The highest BCUT2D eigenvalue weighted by Crippen LogP contribution is 2.29. The standard InChI is InChI=1S/C20H31N5O2.CH2O2/c26-19-8-7-18(22-19)20(27)24-10-4-9-23(11-12-24)14-17-13-21-15-25(17)16-5-2-1-3-6-16;2-1-3/h13,15-16,18H,1-12,14H2,(H,22,26);1H,(H,2,3). The molecule has 2 aliphatic heterocycles. The molecule has 1 aromatic rings. The fourth-order valence-electron chi connectivity index (χ4n) is 4.74. The van der Waals surface area contributed by atoms with Crippen LogP contribution in [0.15, 0.2) is 12.5 Å². The van der Waals surface area contributed by atoms with Crippen molar-refractivity contribution in [1.29, 1.82) is 0 Å². The normalized spacial score (nSPS) is 23.3. The molecule has 0 spiro atoms. The lowest BCUT2D eigenvalue weighted by molar-refractivity contribution is -0.134. The van der Waals surface area contributed by atoms with E-state index in [0.29, 0.717) is 18.9 Å². The monoisotopic (exact) mass is 419 g/mol. The Balaban J connectivity index is 0.000000806. The van der Waals surface area contributed by atoms with Crippen molar-refractivity contribution >= 4 is 18.3 Å². The number of nitrogens with zero attached hydrogens (tertiary/aromatic N) is 4. The molecular formula is C21H33N5O4. The number of hydrogen-bond donors (Lipinski definition) is 2. The summed E-state index contributed by atoms with van der Waals surface area (Å²) in [7, 11) is 0. The van der Waals surface area contributed by atoms with E-state index in [1.165, 1.54) is 37.8 Å². The van der Waals surface area contributed by atoms with E-state index in [9.17, 15) is 9.59 Å². The molecule has 9 nitrogen and oxygen atoms in total. The smallest absolute Gasteiger partial charge is 0.290 e. The highest BCUT2D eigenvalue weighted by Gasteiger charge is 2.31. The van der Waals surface area contributed by atoms with Crippen molar-refractivity contribution in [3.63, 3.8) is 0 Å². The molecule has 4 rings (SSSR count). The van der Waals surface area contributed by atoms with Gasteiger partial charge in [-0.1, -0.05) is 19.3 Å². The van der Waals surface area contributed by atoms with Gasteiger partial charge in [0.1, 0.15) is 6.04 Å². The Morgan fingerprint density at radius 2 is 1.90 bits per heavy atom. The van der Waals surface area contributed by atoms with Gasteiger partial charge in [0.15, 0.2) is 0 Å². The fraction of sp³-hybridized carbons (Fsp3) is 0.714. The summed E-state index contributed by atoms with van der Waals surface area (Å²) in [6.07, 6.45) is 12.6. The third-order valence-electron chi connectivity index (χ3n) is 6.29. The Labute approximate surface area is 177 Å². The van der Waals surface area contributed by atoms with Gasteiger partial charge in [0, 0.05) is 51.4 Å². The van der Waals surface area contributed by atoms with E-state index in [0.717, 1.165) is 39.1 Å². The Kier molecular flexibility index (Phi) is 8.24. The maximum Gasteiger partial charge on any atom is 0.290 e. The van der Waals surface area contributed by atoms with Crippen LogP contribution in [-0.4, -0.2) is 75.0 Å². The number of rotatable bonds is 4. The second-order valence-electron chi connectivity index (χ2n) is 8.30. The maximum atomic E-state index is 12.7. The number of carboxylic acid groups (broad SMARTS) is 1. The van der Waals surface area contributed by atoms with Crippen LogP contribution in [0.4, 0.5) is 0 Å². The molecule has 3 fully saturated rings. The van der Waals surface area contributed by atoms with E-state index in [-0.39, 0.29) is 24.3 Å². The van der Waals surface area contributed by atoms with Gasteiger partial charge in [-0.2, -0.15) is 0 Å². The zero-order chi connectivity index (χ0) is 21.3. The number of carbonyl (C=O) groups is 3. The van der Waals surface area contributed by atoms with Gasteiger partial charge in [-0.25, -0.2) is 4.98 Å². The minimum atomic E-state index is -0.309. The zero-order valence-electron chi connectivity index (χ0n) is 17.5. The Morgan fingerprint density at radius 1 is 1.13 bits per heavy atom. The first-order valence-electron chi connectivity index (χ1n) is 11.0. The first kappa shape index (κ1) is 22.3. The summed E-state index contributed by atoms with van der Waals surface area (Å²) in [5.41, 5.74) is 1.30. The molecule has 0 aromatic carbocycles. The molecule has 1 atom stereocenters. The molecule has 3 heterocycles. The van der Waals surface area contributed by atoms with E-state index in [1.807, 2.05) is 17.4 Å². The van der Waals surface area contributed by atoms with Gasteiger partial charge in [0.25, 0.3) is 6.47 Å². The van der Waals surface area contributed by atoms with Crippen LogP contribution in [-0.2, 0) is 20.9 Å². The number of carbonyl (C=O) groups excluding carboxylic acids is 2. The van der Waals surface area contributed by atoms with E-state index in [1.54, 1.807) is 0 Å². The van der Waals surface area contributed by atoms with Crippen molar-refractivity contribution in [2.24, 2.45) is 0 Å². The Morgan fingerprint density at radius 3 is 2.60 bits per heavy atom. The summed E-state index contributed by atoms with van der Waals surface area (Å²) in [5.74, 6) is 0.0933. The molecule has 166 valence electrons. The van der Waals surface area contributed by atoms with E-state index in [4.69, 9.17) is 9.90 Å². The van der Waals surface area contributed by atoms with Crippen molar-refractivity contribution in [3.8, 4) is 0 Å². The van der Waals surface area contributed by atoms with Crippen LogP contribution in [0.5, 0.6) is 0 Å². The lowest BCUT2D eigenvalue weighted by Gasteiger charge is -2.27. The number of amides is 2. The average Bonchev–Trinajstić information content (AvgIpc) is 3.33. The first-order chi connectivity index (χ1) is 14.6. The molecular weight excluding hydrogens is 386 g/mol. The van der Waals surface area contributed by atoms with Crippen molar-refractivity contribution in [2.45, 2.75) is 70.0 Å². The number of nitrogens with one attached hydrogen (secondary N) is 1. The maximum absolute atomic E-state index is 12.7. The predicted molar refractivity (Wildman–Crippen MR) is 111 cm³/mol. The molecule has 1 unspecified atom stereocenters. The lowest BCUT2D eigenvalue weighted by atomic mass is 9.95. The summed E-state index contributed by atoms with van der Waals surface area (Å²) in [6.45, 7) is 4.05. The van der Waals surface area contributed by atoms with Crippen LogP contribution >= 0.6 is 0 Å². The molecule has 3 aliphatic rings. The van der Waals surface area contributed by atoms with Crippen LogP contribution in [0.2, 0.25) is 0 Å². The minimum absolute atomic E-state index is 0.000716. The average molecular weight is 420 g/mol. The van der Waals surface area contributed by atoms with Gasteiger partial charge in [0.05, 0.1) is 12.0 Å². The predicted octanol–water partition coefficient (Wildman–Crippen LogP) is 1.40. The van der Waals surface area contributed by atoms with Crippen LogP contribution in [0.3, 0.4) is 0 Å². The molecule has 0 bridgehead atoms. The van der Waals surface area contributed by atoms with Crippen LogP contribution in [0.25, 0.3) is 0 Å². The van der Waals surface area contributed by atoms with E-state index in [2.05, 4.69) is 19.8 Å². The van der Waals surface area contributed by atoms with Gasteiger partial charge >= 0.3 is 0 Å². The first-order valence-corrected chi connectivity index (χ1v) is 11.0. The molecule has 2 saturated heterocycles. The van der Waals surface area contributed by atoms with Crippen LogP contribution < -0.4 is 5.32 Å². The van der Waals surface area contributed by atoms with Crippen molar-refractivity contribution in [3.05, 3.63) is 18.2 Å². The fourth-order valence-corrected chi connectivity index (χ4v) is 4.74. The Hall–Kier alpha value is -2.42. The van der Waals surface area contributed by atoms with Crippen molar-refractivity contribution in [1.82, 2.24) is 24.7 Å². The quantitative estimate of drug-likeness (QED) is 0.715. The summed E-state index contributed by atoms with van der Waals surface area (Å²) >= 11 is 0. The lowest BCUT2D eigenvalue weighted by Crippen LogP contribution is -2.45. The van der Waals surface area contributed by atoms with Gasteiger partial charge in [0.2, 0.25) is 11.8 Å². The highest BCUT2D eigenvalue weighted by molar-refractivity contribution is 5.90. The van der Waals surface area contributed by atoms with Crippen molar-refractivity contribution in [2.75, 3.05) is 26.2 Å². The number of aromatic nitrogens is 2. The molecule has 30 heavy (non-hydrogen) atoms. The molecule has 0 radical (unpaired) electrons. The van der Waals surface area contributed by atoms with E-state index < -0.39 is 0 Å². The SMILES string of the molecule is O=C1CCC(C(=O)N2CCCN(Cc3cncn3C3CCCCC3)CC2)N1.O=CO. The minimum Gasteiger partial charge on any atom is -0.483 e. The summed E-state index contributed by atoms with van der Waals surface area (Å²) in [4.78, 5) is 41.2. The number of imidazole rings is 1. The topological polar surface area (TPSA) is 108 Å². The molecule has 2 amide bonds. The Bertz CT molecular complexity index is 716. The second-order valence-corrected chi connectivity index (χ2v) is 8.30. The summed E-state index contributed by atoms with van der Waals surface area (Å²) < 4.78 is 2.39. The largest absolute Gasteiger partial charge is 0.483 e. The van der Waals surface area contributed by atoms with Gasteiger partial charge < -0.3 is 19.9 Å². The van der Waals surface area contributed by atoms with Gasteiger partial charge in [-0.05, 0) is 25.7 Å². The molecule has 1 aliphatic carbocycles. The van der Waals surface area contributed by atoms with E-state index >= 15 is 0 Å². The van der Waals surface area contributed by atoms with Crippen LogP contribution in [0, 0.1) is 0 Å². The second kappa shape index (κ2) is 11.1. The number of hydrogen-bond acceptors (Lipinski definition) is 5. The third-order valence-corrected chi connectivity index (χ3v) is 6.29. The summed E-state index contributed by atoms with van der Waals surface area (Å²) in [5, 5.41) is 9.70. The highest BCUT2D eigenvalue weighted by atomic mass is 16.3. The molecule has 9 heteroatoms. The van der Waals surface area contributed by atoms with Gasteiger partial charge in [-0.15, -0.1) is 0 Å². The molecule has 1 aromatic heterocycles. The van der Waals surface area contributed by atoms with Gasteiger partial charge in [-0.3, -0.25) is 19.3 Å². The molecule has 1 saturated carbocycles. The zero-order valence-corrected chi connectivity index (χ0v) is 17.5. The molecule has 2 N–H and O–H groups in total. The van der Waals surface area contributed by atoms with Crippen molar-refractivity contribution < 1.29 is 19.5 Å².